The summed E-state index contributed by atoms with van der Waals surface area (Å²) in [6.07, 6.45) is 2.92. The number of aryl methyl sites for hydroxylation is 2. The average Bonchev–Trinajstić information content (AvgIpc) is 2.41. The molecule has 2 N–H and O–H groups in total. The fourth-order valence-electron chi connectivity index (χ4n) is 2.59. The third-order valence-corrected chi connectivity index (χ3v) is 4.14. The van der Waals surface area contributed by atoms with Crippen molar-refractivity contribution in [2.75, 3.05) is 18.0 Å². The number of piperidine rings is 1. The maximum Gasteiger partial charge on any atom is 0.225 e. The molecule has 0 saturated carbocycles. The van der Waals surface area contributed by atoms with Gasteiger partial charge in [0.2, 0.25) is 5.95 Å². The van der Waals surface area contributed by atoms with Gasteiger partial charge in [-0.2, -0.15) is 0 Å². The van der Waals surface area contributed by atoms with Crippen molar-refractivity contribution >= 4 is 5.95 Å². The smallest absolute Gasteiger partial charge is 0.225 e. The zero-order valence-corrected chi connectivity index (χ0v) is 12.6. The highest BCUT2D eigenvalue weighted by Gasteiger charge is 2.34. The first kappa shape index (κ1) is 14.3. The van der Waals surface area contributed by atoms with Crippen LogP contribution in [0.5, 0.6) is 0 Å². The molecule has 0 spiro atoms. The summed E-state index contributed by atoms with van der Waals surface area (Å²) in [4.78, 5) is 11.7. The molecule has 1 aliphatic heterocycles. The Balaban J connectivity index is 2.26. The van der Waals surface area contributed by atoms with E-state index in [-0.39, 0.29) is 11.5 Å². The summed E-state index contributed by atoms with van der Waals surface area (Å²) in [7, 11) is 0. The molecule has 0 bridgehead atoms. The molecule has 1 fully saturated rings. The Kier molecular flexibility index (Phi) is 4.09. The van der Waals surface area contributed by atoms with Crippen molar-refractivity contribution in [1.82, 2.24) is 9.97 Å². The summed E-state index contributed by atoms with van der Waals surface area (Å²) in [6, 6.07) is 2.38. The monoisotopic (exact) mass is 262 g/mol. The van der Waals surface area contributed by atoms with Crippen molar-refractivity contribution in [2.24, 2.45) is 11.1 Å². The third kappa shape index (κ3) is 3.06. The van der Waals surface area contributed by atoms with Gasteiger partial charge in [-0.15, -0.1) is 0 Å². The molecule has 106 valence electrons. The largest absolute Gasteiger partial charge is 0.340 e. The van der Waals surface area contributed by atoms with E-state index in [1.807, 2.05) is 0 Å². The molecule has 1 aromatic rings. The number of aromatic nitrogens is 2. The standard InChI is InChI=1S/C15H26N4/c1-5-11-9-12(6-2)18-14(17-11)19-8-7-13(16)15(3,4)10-19/h9,13H,5-8,10,16H2,1-4H3. The lowest BCUT2D eigenvalue weighted by molar-refractivity contribution is 0.243. The molecule has 1 aromatic heterocycles. The fourth-order valence-corrected chi connectivity index (χ4v) is 2.59. The van der Waals surface area contributed by atoms with E-state index in [9.17, 15) is 0 Å². The number of hydrogen-bond donors (Lipinski definition) is 1. The lowest BCUT2D eigenvalue weighted by Crippen LogP contribution is -2.53. The Labute approximate surface area is 116 Å². The first-order valence-electron chi connectivity index (χ1n) is 7.33. The number of nitrogens with two attached hydrogens (primary N) is 1. The van der Waals surface area contributed by atoms with Crippen LogP contribution < -0.4 is 10.6 Å². The number of anilines is 1. The van der Waals surface area contributed by atoms with Crippen molar-refractivity contribution in [3.8, 4) is 0 Å². The van der Waals surface area contributed by atoms with Crippen LogP contribution in [-0.4, -0.2) is 29.1 Å². The third-order valence-electron chi connectivity index (χ3n) is 4.14. The van der Waals surface area contributed by atoms with E-state index >= 15 is 0 Å². The molecule has 1 saturated heterocycles. The van der Waals surface area contributed by atoms with Gasteiger partial charge in [-0.3, -0.25) is 0 Å². The summed E-state index contributed by atoms with van der Waals surface area (Å²) in [5, 5.41) is 0. The van der Waals surface area contributed by atoms with E-state index in [2.05, 4.69) is 48.6 Å². The van der Waals surface area contributed by atoms with Gasteiger partial charge in [0.15, 0.2) is 0 Å². The van der Waals surface area contributed by atoms with Gasteiger partial charge in [0.05, 0.1) is 0 Å². The van der Waals surface area contributed by atoms with Gasteiger partial charge in [0, 0.05) is 30.5 Å². The highest BCUT2D eigenvalue weighted by atomic mass is 15.3. The Morgan fingerprint density at radius 3 is 2.32 bits per heavy atom. The van der Waals surface area contributed by atoms with Crippen LogP contribution in [0.2, 0.25) is 0 Å². The van der Waals surface area contributed by atoms with Crippen LogP contribution in [0.15, 0.2) is 6.07 Å². The van der Waals surface area contributed by atoms with Crippen molar-refractivity contribution in [3.05, 3.63) is 17.5 Å². The Morgan fingerprint density at radius 2 is 1.84 bits per heavy atom. The van der Waals surface area contributed by atoms with E-state index in [1.54, 1.807) is 0 Å². The van der Waals surface area contributed by atoms with Crippen molar-refractivity contribution in [1.29, 1.82) is 0 Å². The first-order valence-corrected chi connectivity index (χ1v) is 7.33. The number of nitrogens with zero attached hydrogens (tertiary/aromatic N) is 3. The molecule has 2 rings (SSSR count). The quantitative estimate of drug-likeness (QED) is 0.907. The minimum atomic E-state index is 0.121. The lowest BCUT2D eigenvalue weighted by Gasteiger charge is -2.42. The van der Waals surface area contributed by atoms with E-state index in [0.717, 1.165) is 49.7 Å². The predicted molar refractivity (Wildman–Crippen MR) is 79.4 cm³/mol. The van der Waals surface area contributed by atoms with E-state index in [1.165, 1.54) is 0 Å². The lowest BCUT2D eigenvalue weighted by atomic mass is 9.80. The Morgan fingerprint density at radius 1 is 1.26 bits per heavy atom. The van der Waals surface area contributed by atoms with E-state index < -0.39 is 0 Å². The molecule has 1 unspecified atom stereocenters. The van der Waals surface area contributed by atoms with Crippen molar-refractivity contribution in [2.45, 2.75) is 53.0 Å². The maximum absolute atomic E-state index is 6.20. The summed E-state index contributed by atoms with van der Waals surface area (Å²) in [5.41, 5.74) is 8.59. The highest BCUT2D eigenvalue weighted by molar-refractivity contribution is 5.34. The van der Waals surface area contributed by atoms with Crippen LogP contribution in [0, 0.1) is 5.41 Å². The van der Waals surface area contributed by atoms with Gasteiger partial charge in [0.25, 0.3) is 0 Å². The van der Waals surface area contributed by atoms with Crippen LogP contribution in [0.3, 0.4) is 0 Å². The molecular weight excluding hydrogens is 236 g/mol. The van der Waals surface area contributed by atoms with Crippen LogP contribution in [-0.2, 0) is 12.8 Å². The molecular formula is C15H26N4. The molecule has 1 atom stereocenters. The topological polar surface area (TPSA) is 55.0 Å². The molecule has 1 aliphatic rings. The number of rotatable bonds is 3. The summed E-state index contributed by atoms with van der Waals surface area (Å²) < 4.78 is 0. The second-order valence-corrected chi connectivity index (χ2v) is 6.16. The van der Waals surface area contributed by atoms with E-state index in [4.69, 9.17) is 5.73 Å². The molecule has 2 heterocycles. The fraction of sp³-hybridized carbons (Fsp3) is 0.733. The summed E-state index contributed by atoms with van der Waals surface area (Å²) >= 11 is 0. The molecule has 19 heavy (non-hydrogen) atoms. The van der Waals surface area contributed by atoms with Crippen molar-refractivity contribution < 1.29 is 0 Å². The second kappa shape index (κ2) is 5.45. The van der Waals surface area contributed by atoms with Crippen LogP contribution in [0.1, 0.15) is 45.5 Å². The number of hydrogen-bond acceptors (Lipinski definition) is 4. The van der Waals surface area contributed by atoms with Gasteiger partial charge in [0.1, 0.15) is 0 Å². The molecule has 4 nitrogen and oxygen atoms in total. The predicted octanol–water partition coefficient (Wildman–Crippen LogP) is 2.17. The summed E-state index contributed by atoms with van der Waals surface area (Å²) in [6.45, 7) is 10.6. The van der Waals surface area contributed by atoms with E-state index in [0.29, 0.717) is 0 Å². The Hall–Kier alpha value is -1.16. The van der Waals surface area contributed by atoms with Gasteiger partial charge < -0.3 is 10.6 Å². The zero-order chi connectivity index (χ0) is 14.0. The molecule has 0 aromatic carbocycles. The Bertz CT molecular complexity index is 420. The van der Waals surface area contributed by atoms with Gasteiger partial charge in [-0.05, 0) is 30.7 Å². The van der Waals surface area contributed by atoms with Crippen LogP contribution in [0.25, 0.3) is 0 Å². The summed E-state index contributed by atoms with van der Waals surface area (Å²) in [5.74, 6) is 0.885. The highest BCUT2D eigenvalue weighted by Crippen LogP contribution is 2.29. The SMILES string of the molecule is CCc1cc(CC)nc(N2CCC(N)C(C)(C)C2)n1. The molecule has 0 amide bonds. The second-order valence-electron chi connectivity index (χ2n) is 6.16. The van der Waals surface area contributed by atoms with Crippen LogP contribution >= 0.6 is 0 Å². The van der Waals surface area contributed by atoms with Gasteiger partial charge >= 0.3 is 0 Å². The minimum absolute atomic E-state index is 0.121. The van der Waals surface area contributed by atoms with Crippen LogP contribution in [0.4, 0.5) is 5.95 Å². The zero-order valence-electron chi connectivity index (χ0n) is 12.6. The minimum Gasteiger partial charge on any atom is -0.340 e. The molecule has 0 radical (unpaired) electrons. The van der Waals surface area contributed by atoms with Gasteiger partial charge in [-0.25, -0.2) is 9.97 Å². The normalized spacial score (nSPS) is 22.6. The maximum atomic E-state index is 6.20. The van der Waals surface area contributed by atoms with Crippen molar-refractivity contribution in [3.63, 3.8) is 0 Å². The molecule has 0 aliphatic carbocycles. The van der Waals surface area contributed by atoms with Gasteiger partial charge in [-0.1, -0.05) is 27.7 Å². The first-order chi connectivity index (χ1) is 8.96. The average molecular weight is 262 g/mol. The molecule has 4 heteroatoms.